The minimum atomic E-state index is -0.499. The van der Waals surface area contributed by atoms with Crippen LogP contribution < -0.4 is 5.43 Å². The number of carbonyl (C=O) groups excluding carboxylic acids is 3. The summed E-state index contributed by atoms with van der Waals surface area (Å²) in [5, 5.41) is 0.968. The molecule has 3 aromatic carbocycles. The Labute approximate surface area is 179 Å². The normalized spacial score (nSPS) is 25.1. The number of carbonyl (C=O) groups is 3. The number of nitrogens with one attached hydrogen (secondary N) is 1. The molecule has 5 nitrogen and oxygen atoms in total. The van der Waals surface area contributed by atoms with E-state index < -0.39 is 17.7 Å². The summed E-state index contributed by atoms with van der Waals surface area (Å²) in [6.07, 6.45) is 0. The van der Waals surface area contributed by atoms with E-state index in [-0.39, 0.29) is 23.7 Å². The van der Waals surface area contributed by atoms with Crippen LogP contribution in [0.2, 0.25) is 0 Å². The number of hydrogen-bond acceptors (Lipinski definition) is 3. The van der Waals surface area contributed by atoms with E-state index in [0.29, 0.717) is 5.56 Å². The molecular weight excluding hydrogens is 388 g/mol. The summed E-state index contributed by atoms with van der Waals surface area (Å²) in [4.78, 5) is 39.7. The third-order valence-electron chi connectivity index (χ3n) is 6.98. The maximum Gasteiger partial charge on any atom is 0.270 e. The molecule has 0 saturated carbocycles. The van der Waals surface area contributed by atoms with Crippen molar-refractivity contribution in [2.75, 3.05) is 0 Å². The van der Waals surface area contributed by atoms with E-state index in [2.05, 4.69) is 29.7 Å². The number of nitrogens with zero attached hydrogens (tertiary/aromatic N) is 1. The van der Waals surface area contributed by atoms with E-state index in [9.17, 15) is 14.4 Å². The van der Waals surface area contributed by atoms with E-state index in [1.54, 1.807) is 12.1 Å². The Morgan fingerprint density at radius 2 is 1.13 bits per heavy atom. The Kier molecular flexibility index (Phi) is 3.72. The van der Waals surface area contributed by atoms with Crippen LogP contribution in [0.5, 0.6) is 0 Å². The molecule has 1 aliphatic heterocycles. The highest BCUT2D eigenvalue weighted by atomic mass is 16.2. The zero-order valence-electron chi connectivity index (χ0n) is 16.9. The lowest BCUT2D eigenvalue weighted by atomic mass is 9.55. The average Bonchev–Trinajstić information content (AvgIpc) is 3.05. The average molecular weight is 408 g/mol. The molecule has 5 heteroatoms. The lowest BCUT2D eigenvalue weighted by Crippen LogP contribution is -2.46. The Morgan fingerprint density at radius 1 is 0.710 bits per heavy atom. The quantitative estimate of drug-likeness (QED) is 0.660. The molecule has 3 amide bonds. The molecule has 0 aromatic heterocycles. The van der Waals surface area contributed by atoms with Crippen LogP contribution >= 0.6 is 0 Å². The number of hydrazine groups is 1. The van der Waals surface area contributed by atoms with Crippen LogP contribution in [0.4, 0.5) is 0 Å². The van der Waals surface area contributed by atoms with Crippen LogP contribution in [0.15, 0.2) is 72.8 Å². The molecule has 152 valence electrons. The van der Waals surface area contributed by atoms with Gasteiger partial charge in [0.1, 0.15) is 0 Å². The summed E-state index contributed by atoms with van der Waals surface area (Å²) in [6, 6.07) is 23.2. The van der Waals surface area contributed by atoms with Crippen molar-refractivity contribution in [3.05, 3.63) is 106 Å². The van der Waals surface area contributed by atoms with Crippen molar-refractivity contribution in [2.24, 2.45) is 11.8 Å². The maximum absolute atomic E-state index is 13.5. The zero-order valence-corrected chi connectivity index (χ0v) is 16.9. The van der Waals surface area contributed by atoms with E-state index in [1.165, 1.54) is 0 Å². The standard InChI is InChI=1S/C26H20N2O3/c1-14-10-12-15(13-11-14)24(29)27-28-25(30)22-20-16-6-2-3-7-17(16)21(23(22)26(28)31)19-9-5-4-8-18(19)20/h2-13,20-23H,1H3,(H,27,29)/t20?,21?,22-,23+. The van der Waals surface area contributed by atoms with E-state index >= 15 is 0 Å². The number of amides is 3. The molecule has 0 unspecified atom stereocenters. The van der Waals surface area contributed by atoms with Crippen LogP contribution in [-0.4, -0.2) is 22.7 Å². The van der Waals surface area contributed by atoms with E-state index in [4.69, 9.17) is 0 Å². The molecule has 31 heavy (non-hydrogen) atoms. The summed E-state index contributed by atoms with van der Waals surface area (Å²) in [5.41, 5.74) is 8.48. The highest BCUT2D eigenvalue weighted by Crippen LogP contribution is 2.60. The summed E-state index contributed by atoms with van der Waals surface area (Å²) < 4.78 is 0. The van der Waals surface area contributed by atoms with Crippen molar-refractivity contribution in [3.8, 4) is 0 Å². The van der Waals surface area contributed by atoms with Gasteiger partial charge in [-0.2, -0.15) is 5.01 Å². The largest absolute Gasteiger partial charge is 0.272 e. The second kappa shape index (κ2) is 6.38. The van der Waals surface area contributed by atoms with Gasteiger partial charge in [0.25, 0.3) is 17.7 Å². The molecule has 4 aliphatic rings. The fourth-order valence-corrected chi connectivity index (χ4v) is 5.66. The zero-order chi connectivity index (χ0) is 21.3. The Morgan fingerprint density at radius 3 is 1.55 bits per heavy atom. The summed E-state index contributed by atoms with van der Waals surface area (Å²) in [5.74, 6) is -2.46. The first kappa shape index (κ1) is 18.1. The predicted molar refractivity (Wildman–Crippen MR) is 114 cm³/mol. The summed E-state index contributed by atoms with van der Waals surface area (Å²) in [7, 11) is 0. The minimum Gasteiger partial charge on any atom is -0.272 e. The fraction of sp³-hybridized carbons (Fsp3) is 0.192. The van der Waals surface area contributed by atoms with Crippen molar-refractivity contribution in [2.45, 2.75) is 18.8 Å². The van der Waals surface area contributed by atoms with Crippen molar-refractivity contribution in [1.82, 2.24) is 10.4 Å². The molecule has 1 saturated heterocycles. The lowest BCUT2D eigenvalue weighted by molar-refractivity contribution is -0.142. The third kappa shape index (κ3) is 2.40. The van der Waals surface area contributed by atoms with Gasteiger partial charge in [0.05, 0.1) is 11.8 Å². The van der Waals surface area contributed by atoms with Crippen LogP contribution in [0, 0.1) is 18.8 Å². The second-order valence-electron chi connectivity index (χ2n) is 8.58. The summed E-state index contributed by atoms with van der Waals surface area (Å²) in [6.45, 7) is 1.94. The van der Waals surface area contributed by atoms with Gasteiger partial charge in [0.2, 0.25) is 0 Å². The van der Waals surface area contributed by atoms with Gasteiger partial charge in [0, 0.05) is 17.4 Å². The van der Waals surface area contributed by atoms with Crippen molar-refractivity contribution in [1.29, 1.82) is 0 Å². The van der Waals surface area contributed by atoms with Gasteiger partial charge < -0.3 is 0 Å². The highest BCUT2D eigenvalue weighted by molar-refractivity contribution is 6.09. The van der Waals surface area contributed by atoms with E-state index in [0.717, 1.165) is 32.8 Å². The monoisotopic (exact) mass is 408 g/mol. The number of aryl methyl sites for hydroxylation is 1. The van der Waals surface area contributed by atoms with Gasteiger partial charge in [-0.3, -0.25) is 19.8 Å². The molecule has 0 radical (unpaired) electrons. The Bertz CT molecular complexity index is 1150. The van der Waals surface area contributed by atoms with Gasteiger partial charge in [0.15, 0.2) is 0 Å². The van der Waals surface area contributed by atoms with E-state index in [1.807, 2.05) is 43.3 Å². The molecule has 1 heterocycles. The Balaban J connectivity index is 1.41. The maximum atomic E-state index is 13.5. The van der Waals surface area contributed by atoms with Crippen LogP contribution in [0.25, 0.3) is 0 Å². The van der Waals surface area contributed by atoms with Crippen LogP contribution in [0.3, 0.4) is 0 Å². The molecule has 1 N–H and O–H groups in total. The van der Waals surface area contributed by atoms with Gasteiger partial charge >= 0.3 is 0 Å². The molecule has 1 fully saturated rings. The number of rotatable bonds is 2. The predicted octanol–water partition coefficient (Wildman–Crippen LogP) is 3.53. The van der Waals surface area contributed by atoms with Crippen molar-refractivity contribution in [3.63, 3.8) is 0 Å². The molecule has 2 atom stereocenters. The lowest BCUT2D eigenvalue weighted by Gasteiger charge is -2.45. The number of hydrogen-bond donors (Lipinski definition) is 1. The second-order valence-corrected chi connectivity index (χ2v) is 8.58. The van der Waals surface area contributed by atoms with Crippen LogP contribution in [-0.2, 0) is 9.59 Å². The van der Waals surface area contributed by atoms with Crippen LogP contribution in [0.1, 0.15) is 50.0 Å². The van der Waals surface area contributed by atoms with Gasteiger partial charge in [-0.1, -0.05) is 66.2 Å². The molecule has 7 rings (SSSR count). The topological polar surface area (TPSA) is 66.5 Å². The smallest absolute Gasteiger partial charge is 0.270 e. The van der Waals surface area contributed by atoms with Gasteiger partial charge in [-0.15, -0.1) is 0 Å². The minimum absolute atomic E-state index is 0.180. The molecular formula is C26H20N2O3. The number of benzene rings is 3. The third-order valence-corrected chi connectivity index (χ3v) is 6.98. The van der Waals surface area contributed by atoms with Gasteiger partial charge in [-0.05, 0) is 41.3 Å². The SMILES string of the molecule is Cc1ccc(C(=O)NN2C(=O)[C@@H]3C4c5ccccc5C(c5ccccc54)[C@@H]3C2=O)cc1. The van der Waals surface area contributed by atoms with Gasteiger partial charge in [-0.25, -0.2) is 0 Å². The molecule has 0 spiro atoms. The number of imide groups is 1. The first-order chi connectivity index (χ1) is 15.1. The fourth-order valence-electron chi connectivity index (χ4n) is 5.66. The molecule has 3 aliphatic carbocycles. The first-order valence-electron chi connectivity index (χ1n) is 10.5. The molecule has 2 bridgehead atoms. The highest BCUT2D eigenvalue weighted by Gasteiger charge is 2.62. The molecule has 3 aromatic rings. The van der Waals surface area contributed by atoms with Crippen molar-refractivity contribution >= 4 is 17.7 Å². The first-order valence-corrected chi connectivity index (χ1v) is 10.5. The van der Waals surface area contributed by atoms with Crippen molar-refractivity contribution < 1.29 is 14.4 Å². The summed E-state index contributed by atoms with van der Waals surface area (Å²) >= 11 is 0. The Hall–Kier alpha value is -3.73.